The summed E-state index contributed by atoms with van der Waals surface area (Å²) in [6.45, 7) is 0. The third-order valence-electron chi connectivity index (χ3n) is 14.0. The van der Waals surface area contributed by atoms with E-state index in [0.29, 0.717) is 0 Å². The molecule has 0 atom stereocenters. The monoisotopic (exact) mass is 890 g/mol. The Labute approximate surface area is 408 Å². The molecule has 13 rings (SSSR count). The van der Waals surface area contributed by atoms with Crippen molar-refractivity contribution in [3.63, 3.8) is 0 Å². The Kier molecular flexibility index (Phi) is 10.2. The number of hydrogen-bond acceptors (Lipinski definition) is 1. The van der Waals surface area contributed by atoms with Crippen molar-refractivity contribution in [2.75, 3.05) is 4.90 Å². The largest absolute Gasteiger partial charge is 0.310 e. The lowest BCUT2D eigenvalue weighted by atomic mass is 9.88. The van der Waals surface area contributed by atoms with E-state index in [0.717, 1.165) is 28.3 Å². The molecule has 0 amide bonds. The highest BCUT2D eigenvalue weighted by molar-refractivity contribution is 6.16. The summed E-state index contributed by atoms with van der Waals surface area (Å²) in [5.74, 6) is 0. The zero-order valence-electron chi connectivity index (χ0n) is 38.5. The number of aromatic nitrogens is 1. The summed E-state index contributed by atoms with van der Waals surface area (Å²) in [6.07, 6.45) is 0. The Bertz CT molecular complexity index is 4040. The molecule has 1 aromatic heterocycles. The molecule has 0 N–H and O–H groups in total. The van der Waals surface area contributed by atoms with Gasteiger partial charge in [0.25, 0.3) is 0 Å². The SMILES string of the molecule is c1ccc(-c2ccccc2-c2ccccc2-c2ccccc2N(c2ccc(-c3ccc4c(ccc5ccccc54)c3)cc2)c2ccc(-c3cccc4c3c3ccccc3n4-c3ccccc3)cc2)cc1. The van der Waals surface area contributed by atoms with Crippen LogP contribution in [0, 0.1) is 0 Å². The van der Waals surface area contributed by atoms with Crippen LogP contribution in [0.25, 0.3) is 105 Å². The molecule has 0 aliphatic carbocycles. The van der Waals surface area contributed by atoms with Crippen LogP contribution >= 0.6 is 0 Å². The summed E-state index contributed by atoms with van der Waals surface area (Å²) in [4.78, 5) is 2.43. The van der Waals surface area contributed by atoms with Gasteiger partial charge in [0.05, 0.1) is 16.7 Å². The predicted octanol–water partition coefficient (Wildman–Crippen LogP) is 18.9. The molecule has 0 fully saturated rings. The molecule has 2 nitrogen and oxygen atoms in total. The lowest BCUT2D eigenvalue weighted by Gasteiger charge is -2.29. The number of anilines is 3. The van der Waals surface area contributed by atoms with E-state index in [-0.39, 0.29) is 0 Å². The summed E-state index contributed by atoms with van der Waals surface area (Å²) in [6, 6.07) is 102. The second-order valence-electron chi connectivity index (χ2n) is 18.0. The maximum Gasteiger partial charge on any atom is 0.0547 e. The first-order valence-corrected chi connectivity index (χ1v) is 24.1. The first-order chi connectivity index (χ1) is 34.7. The molecule has 328 valence electrons. The van der Waals surface area contributed by atoms with Crippen LogP contribution in [0.5, 0.6) is 0 Å². The van der Waals surface area contributed by atoms with Crippen LogP contribution in [0.3, 0.4) is 0 Å². The van der Waals surface area contributed by atoms with E-state index < -0.39 is 0 Å². The molecule has 13 aromatic rings. The van der Waals surface area contributed by atoms with E-state index in [1.807, 2.05) is 0 Å². The van der Waals surface area contributed by atoms with Gasteiger partial charge in [0.2, 0.25) is 0 Å². The van der Waals surface area contributed by atoms with E-state index in [2.05, 4.69) is 289 Å². The average Bonchev–Trinajstić information content (AvgIpc) is 3.79. The third kappa shape index (κ3) is 7.13. The van der Waals surface area contributed by atoms with Crippen molar-refractivity contribution in [1.82, 2.24) is 4.57 Å². The molecule has 1 heterocycles. The Balaban J connectivity index is 0.956. The van der Waals surface area contributed by atoms with Crippen molar-refractivity contribution in [2.45, 2.75) is 0 Å². The molecular weight excluding hydrogens is 845 g/mol. The van der Waals surface area contributed by atoms with Gasteiger partial charge in [-0.3, -0.25) is 0 Å². The van der Waals surface area contributed by atoms with Crippen molar-refractivity contribution in [1.29, 1.82) is 0 Å². The van der Waals surface area contributed by atoms with Crippen LogP contribution in [0.1, 0.15) is 0 Å². The van der Waals surface area contributed by atoms with Gasteiger partial charge in [-0.05, 0) is 132 Å². The summed E-state index contributed by atoms with van der Waals surface area (Å²) in [5.41, 5.74) is 18.6. The van der Waals surface area contributed by atoms with Gasteiger partial charge in [-0.2, -0.15) is 0 Å². The van der Waals surface area contributed by atoms with Crippen LogP contribution in [-0.2, 0) is 0 Å². The Morgan fingerprint density at radius 2 is 0.743 bits per heavy atom. The fourth-order valence-electron chi connectivity index (χ4n) is 10.8. The van der Waals surface area contributed by atoms with Crippen molar-refractivity contribution in [2.24, 2.45) is 0 Å². The molecule has 0 saturated carbocycles. The van der Waals surface area contributed by atoms with Gasteiger partial charge >= 0.3 is 0 Å². The molecule has 12 aromatic carbocycles. The van der Waals surface area contributed by atoms with E-state index in [1.54, 1.807) is 0 Å². The van der Waals surface area contributed by atoms with Gasteiger partial charge < -0.3 is 9.47 Å². The van der Waals surface area contributed by atoms with Gasteiger partial charge in [0, 0.05) is 33.4 Å². The van der Waals surface area contributed by atoms with Crippen LogP contribution in [0.2, 0.25) is 0 Å². The fraction of sp³-hybridized carbons (Fsp3) is 0. The maximum atomic E-state index is 2.43. The highest BCUT2D eigenvalue weighted by atomic mass is 15.1. The molecule has 0 radical (unpaired) electrons. The zero-order valence-corrected chi connectivity index (χ0v) is 38.5. The Hall–Kier alpha value is -9.24. The van der Waals surface area contributed by atoms with Gasteiger partial charge in [-0.25, -0.2) is 0 Å². The van der Waals surface area contributed by atoms with Crippen LogP contribution < -0.4 is 4.90 Å². The average molecular weight is 891 g/mol. The van der Waals surface area contributed by atoms with E-state index in [1.165, 1.54) is 93.4 Å². The summed E-state index contributed by atoms with van der Waals surface area (Å²) >= 11 is 0. The number of fused-ring (bicyclic) bond motifs is 6. The standard InChI is InChI=1S/C68H46N2/c1-3-18-48(19-4-1)57-24-9-10-25-60(57)61-26-11-12-27-62(61)63-28-13-15-31-65(63)69(54-41-36-47(37-42-54)51-40-45-58-52(46-51)35-34-49-20-7-8-23-56(49)58)55-43-38-50(39-44-55)59-30-17-33-67-68(59)64-29-14-16-32-66(64)70(67)53-21-5-2-6-22-53/h1-46H. The number of para-hydroxylation sites is 3. The second-order valence-corrected chi connectivity index (χ2v) is 18.0. The molecular formula is C68H46N2. The Morgan fingerprint density at radius 3 is 1.49 bits per heavy atom. The molecule has 70 heavy (non-hydrogen) atoms. The second kappa shape index (κ2) is 17.4. The van der Waals surface area contributed by atoms with Gasteiger partial charge in [-0.15, -0.1) is 0 Å². The summed E-state index contributed by atoms with van der Waals surface area (Å²) in [7, 11) is 0. The summed E-state index contributed by atoms with van der Waals surface area (Å²) in [5, 5.41) is 7.54. The quantitative estimate of drug-likeness (QED) is 0.131. The van der Waals surface area contributed by atoms with Crippen LogP contribution in [0.15, 0.2) is 279 Å². The number of nitrogens with zero attached hydrogens (tertiary/aromatic N) is 2. The Morgan fingerprint density at radius 1 is 0.257 bits per heavy atom. The predicted molar refractivity (Wildman–Crippen MR) is 298 cm³/mol. The number of hydrogen-bond donors (Lipinski definition) is 0. The van der Waals surface area contributed by atoms with Crippen LogP contribution in [-0.4, -0.2) is 4.57 Å². The van der Waals surface area contributed by atoms with Crippen molar-refractivity contribution < 1.29 is 0 Å². The first-order valence-electron chi connectivity index (χ1n) is 24.1. The van der Waals surface area contributed by atoms with E-state index in [9.17, 15) is 0 Å². The topological polar surface area (TPSA) is 8.17 Å². The molecule has 0 unspecified atom stereocenters. The van der Waals surface area contributed by atoms with Gasteiger partial charge in [0.1, 0.15) is 0 Å². The fourth-order valence-corrected chi connectivity index (χ4v) is 10.8. The number of rotatable bonds is 9. The third-order valence-corrected chi connectivity index (χ3v) is 14.0. The molecule has 0 spiro atoms. The minimum atomic E-state index is 1.07. The van der Waals surface area contributed by atoms with Crippen LogP contribution in [0.4, 0.5) is 17.1 Å². The van der Waals surface area contributed by atoms with Crippen molar-refractivity contribution in [3.05, 3.63) is 279 Å². The first kappa shape index (κ1) is 41.0. The zero-order chi connectivity index (χ0) is 46.4. The molecule has 0 bridgehead atoms. The lowest BCUT2D eigenvalue weighted by Crippen LogP contribution is -2.11. The van der Waals surface area contributed by atoms with Gasteiger partial charge in [-0.1, -0.05) is 218 Å². The number of benzene rings is 12. The minimum Gasteiger partial charge on any atom is -0.310 e. The van der Waals surface area contributed by atoms with Crippen molar-refractivity contribution in [3.8, 4) is 61.3 Å². The highest BCUT2D eigenvalue weighted by Crippen LogP contribution is 2.46. The molecule has 0 aliphatic rings. The molecule has 2 heteroatoms. The van der Waals surface area contributed by atoms with E-state index >= 15 is 0 Å². The van der Waals surface area contributed by atoms with Gasteiger partial charge in [0.15, 0.2) is 0 Å². The summed E-state index contributed by atoms with van der Waals surface area (Å²) < 4.78 is 2.39. The normalized spacial score (nSPS) is 11.4. The lowest BCUT2D eigenvalue weighted by molar-refractivity contribution is 1.18. The molecule has 0 saturated heterocycles. The smallest absolute Gasteiger partial charge is 0.0547 e. The highest BCUT2D eigenvalue weighted by Gasteiger charge is 2.22. The maximum absolute atomic E-state index is 2.43. The molecule has 0 aliphatic heterocycles. The van der Waals surface area contributed by atoms with E-state index in [4.69, 9.17) is 0 Å². The minimum absolute atomic E-state index is 1.07. The van der Waals surface area contributed by atoms with Crippen molar-refractivity contribution >= 4 is 60.4 Å².